The summed E-state index contributed by atoms with van der Waals surface area (Å²) in [5, 5.41) is 2.97. The molecule has 0 bridgehead atoms. The van der Waals surface area contributed by atoms with Crippen molar-refractivity contribution in [3.8, 4) is 0 Å². The average molecular weight is 631 g/mol. The van der Waals surface area contributed by atoms with E-state index in [1.807, 2.05) is 0 Å². The fourth-order valence-corrected chi connectivity index (χ4v) is 3.94. The molecule has 0 saturated carbocycles. The fourth-order valence-electron chi connectivity index (χ4n) is 3.44. The van der Waals surface area contributed by atoms with Gasteiger partial charge in [0.25, 0.3) is 5.91 Å². The van der Waals surface area contributed by atoms with Gasteiger partial charge in [0.15, 0.2) is 5.82 Å². The number of hydrogen-bond donors (Lipinski definition) is 2. The van der Waals surface area contributed by atoms with Gasteiger partial charge in [-0.1, -0.05) is 29.3 Å². The summed E-state index contributed by atoms with van der Waals surface area (Å²) in [4.78, 5) is 12.4. The van der Waals surface area contributed by atoms with Crippen molar-refractivity contribution in [3.05, 3.63) is 74.5 Å². The molecule has 2 rings (SSSR count). The molecule has 3 nitrogen and oxygen atoms in total. The first-order valence-corrected chi connectivity index (χ1v) is 11.9. The number of allylic oxidation sites excluding steroid dienone is 1. The van der Waals surface area contributed by atoms with Gasteiger partial charge < -0.3 is 5.32 Å². The molecule has 0 saturated heterocycles. The summed E-state index contributed by atoms with van der Waals surface area (Å²) in [6, 6.07) is 2.37. The fraction of sp³-hybridized carbons (Fsp3) is 0.375. The summed E-state index contributed by atoms with van der Waals surface area (Å²) >= 11 is 11.0. The Morgan fingerprint density at radius 3 is 2.05 bits per heavy atom. The van der Waals surface area contributed by atoms with E-state index in [9.17, 15) is 53.1 Å². The highest BCUT2D eigenvalue weighted by molar-refractivity contribution is 6.35. The third kappa shape index (κ3) is 9.51. The number of carbonyl (C=O) groups is 1. The van der Waals surface area contributed by atoms with E-state index in [4.69, 9.17) is 23.2 Å². The van der Waals surface area contributed by atoms with E-state index in [1.165, 1.54) is 6.92 Å². The number of hydrogen-bond acceptors (Lipinski definition) is 2. The van der Waals surface area contributed by atoms with E-state index in [-0.39, 0.29) is 25.1 Å². The molecule has 2 N–H and O–H groups in total. The predicted molar refractivity (Wildman–Crippen MR) is 126 cm³/mol. The van der Waals surface area contributed by atoms with Crippen LogP contribution in [0.4, 0.5) is 48.3 Å². The molecule has 2 atom stereocenters. The molecule has 1 amide bonds. The standard InChI is InChI=1S/C24H19Cl2F11N2O/c1-11(38-6-2-5-22(29,30)31)39-21(40)14-4-3-12(7-16(14)24(35,36)37)19(27)10-15(23(32,33)34)13-8-17(25)20(28)18(26)9-13/h3-4,7-11,15,38H,2,5-6H2,1H3,(H,39,40)/b19-10-/t11-,15?/m1/s1. The van der Waals surface area contributed by atoms with Crippen LogP contribution in [0.2, 0.25) is 10.0 Å². The van der Waals surface area contributed by atoms with Crippen molar-refractivity contribution in [1.29, 1.82) is 0 Å². The van der Waals surface area contributed by atoms with Crippen molar-refractivity contribution in [1.82, 2.24) is 10.6 Å². The van der Waals surface area contributed by atoms with E-state index in [2.05, 4.69) is 10.6 Å². The molecule has 1 unspecified atom stereocenters. The lowest BCUT2D eigenvalue weighted by molar-refractivity contribution is -0.140. The minimum absolute atomic E-state index is 0.0535. The normalized spacial score (nSPS) is 14.7. The zero-order valence-electron chi connectivity index (χ0n) is 20.1. The summed E-state index contributed by atoms with van der Waals surface area (Å²) in [6.45, 7) is 1.02. The van der Waals surface area contributed by atoms with Gasteiger partial charge in [0.1, 0.15) is 11.7 Å². The second kappa shape index (κ2) is 12.9. The third-order valence-corrected chi connectivity index (χ3v) is 5.86. The number of carbonyl (C=O) groups excluding carboxylic acids is 1. The van der Waals surface area contributed by atoms with Gasteiger partial charge >= 0.3 is 18.5 Å². The maximum absolute atomic E-state index is 14.9. The largest absolute Gasteiger partial charge is 0.417 e. The lowest BCUT2D eigenvalue weighted by Crippen LogP contribution is -2.44. The summed E-state index contributed by atoms with van der Waals surface area (Å²) in [7, 11) is 0. The molecule has 222 valence electrons. The minimum Gasteiger partial charge on any atom is -0.337 e. The summed E-state index contributed by atoms with van der Waals surface area (Å²) in [6.07, 6.45) is -17.5. The van der Waals surface area contributed by atoms with Crippen LogP contribution in [-0.2, 0) is 6.18 Å². The Morgan fingerprint density at radius 1 is 0.975 bits per heavy atom. The number of amides is 1. The van der Waals surface area contributed by atoms with Crippen molar-refractivity contribution in [2.75, 3.05) is 6.54 Å². The van der Waals surface area contributed by atoms with Crippen LogP contribution in [0.25, 0.3) is 5.83 Å². The maximum atomic E-state index is 14.9. The smallest absolute Gasteiger partial charge is 0.337 e. The highest BCUT2D eigenvalue weighted by atomic mass is 35.5. The van der Waals surface area contributed by atoms with Crippen molar-refractivity contribution >= 4 is 34.9 Å². The second-order valence-corrected chi connectivity index (χ2v) is 9.27. The zero-order valence-corrected chi connectivity index (χ0v) is 21.6. The highest BCUT2D eigenvalue weighted by Gasteiger charge is 2.41. The number of rotatable bonds is 9. The van der Waals surface area contributed by atoms with Gasteiger partial charge in [-0.3, -0.25) is 10.1 Å². The Hall–Kier alpha value is -2.58. The number of benzene rings is 2. The minimum atomic E-state index is -5.26. The second-order valence-electron chi connectivity index (χ2n) is 8.46. The first-order chi connectivity index (χ1) is 18.2. The Labute approximate surface area is 230 Å². The highest BCUT2D eigenvalue weighted by Crippen LogP contribution is 2.41. The predicted octanol–water partition coefficient (Wildman–Crippen LogP) is 8.82. The first kappa shape index (κ1) is 33.6. The van der Waals surface area contributed by atoms with Gasteiger partial charge in [-0.2, -0.15) is 39.5 Å². The van der Waals surface area contributed by atoms with Gasteiger partial charge in [-0.15, -0.1) is 0 Å². The molecule has 0 aromatic heterocycles. The Morgan fingerprint density at radius 2 is 1.55 bits per heavy atom. The van der Waals surface area contributed by atoms with E-state index >= 15 is 0 Å². The van der Waals surface area contributed by atoms with Crippen LogP contribution in [-0.4, -0.2) is 31.0 Å². The third-order valence-electron chi connectivity index (χ3n) is 5.31. The SMILES string of the molecule is C[C@H](NCCCC(F)(F)F)NC(=O)c1ccc(/C(F)=C/C(c2cc(Cl)c(F)c(Cl)c2)C(F)(F)F)cc1C(F)(F)F. The van der Waals surface area contributed by atoms with Crippen LogP contribution in [0.15, 0.2) is 36.4 Å². The lowest BCUT2D eigenvalue weighted by atomic mass is 9.95. The van der Waals surface area contributed by atoms with Crippen LogP contribution in [0.3, 0.4) is 0 Å². The van der Waals surface area contributed by atoms with Crippen LogP contribution < -0.4 is 10.6 Å². The molecule has 0 aliphatic heterocycles. The average Bonchev–Trinajstić information content (AvgIpc) is 2.81. The molecule has 0 fully saturated rings. The summed E-state index contributed by atoms with van der Waals surface area (Å²) < 4.78 is 147. The molecule has 0 heterocycles. The molecule has 2 aromatic carbocycles. The van der Waals surface area contributed by atoms with Crippen LogP contribution in [0.5, 0.6) is 0 Å². The molecule has 0 spiro atoms. The van der Waals surface area contributed by atoms with E-state index in [0.717, 1.165) is 0 Å². The van der Waals surface area contributed by atoms with Crippen LogP contribution in [0, 0.1) is 5.82 Å². The van der Waals surface area contributed by atoms with Crippen molar-refractivity contribution < 1.29 is 53.1 Å². The molecular weight excluding hydrogens is 612 g/mol. The van der Waals surface area contributed by atoms with E-state index < -0.39 is 86.9 Å². The van der Waals surface area contributed by atoms with Crippen molar-refractivity contribution in [2.45, 2.75) is 50.4 Å². The van der Waals surface area contributed by atoms with E-state index in [0.29, 0.717) is 24.3 Å². The molecule has 16 heteroatoms. The molecule has 40 heavy (non-hydrogen) atoms. The van der Waals surface area contributed by atoms with Gasteiger partial charge in [0.2, 0.25) is 0 Å². The van der Waals surface area contributed by atoms with Gasteiger partial charge in [0, 0.05) is 12.0 Å². The molecule has 2 aromatic rings. The molecular formula is C24H19Cl2F11N2O. The molecule has 0 aliphatic rings. The number of halogens is 13. The Kier molecular flexibility index (Phi) is 10.9. The molecule has 0 aliphatic carbocycles. The quantitative estimate of drug-likeness (QED) is 0.126. The van der Waals surface area contributed by atoms with Crippen molar-refractivity contribution in [3.63, 3.8) is 0 Å². The lowest BCUT2D eigenvalue weighted by Gasteiger charge is -2.20. The summed E-state index contributed by atoms with van der Waals surface area (Å²) in [5.41, 5.74) is -4.46. The first-order valence-electron chi connectivity index (χ1n) is 11.1. The zero-order chi connectivity index (χ0) is 30.6. The maximum Gasteiger partial charge on any atom is 0.417 e. The Bertz CT molecular complexity index is 1220. The van der Waals surface area contributed by atoms with Crippen LogP contribution in [0.1, 0.15) is 52.7 Å². The summed E-state index contributed by atoms with van der Waals surface area (Å²) in [5.74, 6) is -7.10. The van der Waals surface area contributed by atoms with Crippen LogP contribution >= 0.6 is 23.2 Å². The molecule has 0 radical (unpaired) electrons. The number of nitrogens with one attached hydrogen (secondary N) is 2. The van der Waals surface area contributed by atoms with E-state index in [1.54, 1.807) is 0 Å². The number of alkyl halides is 9. The Balaban J connectivity index is 2.36. The van der Waals surface area contributed by atoms with Gasteiger partial charge in [-0.25, -0.2) is 8.78 Å². The van der Waals surface area contributed by atoms with Crippen molar-refractivity contribution in [2.24, 2.45) is 0 Å². The van der Waals surface area contributed by atoms with Gasteiger partial charge in [-0.05, 0) is 55.8 Å². The van der Waals surface area contributed by atoms with Gasteiger partial charge in [0.05, 0.1) is 27.3 Å². The topological polar surface area (TPSA) is 41.1 Å². The monoisotopic (exact) mass is 630 g/mol.